The molecule has 1 amide bonds. The zero-order valence-electron chi connectivity index (χ0n) is 10.2. The molecule has 0 radical (unpaired) electrons. The standard InChI is InChI=1S/C14H14N4O/c15-14(16)18-11-5-3-4-10(8-11)12-6-1-2-7-13(12)17-9-19/h1-9H,(H,17,19)(H4,15,16,18). The Morgan fingerprint density at radius 1 is 1.11 bits per heavy atom. The van der Waals surface area contributed by atoms with Gasteiger partial charge in [0.2, 0.25) is 6.41 Å². The van der Waals surface area contributed by atoms with Gasteiger partial charge in [-0.1, -0.05) is 30.3 Å². The molecule has 0 aromatic heterocycles. The summed E-state index contributed by atoms with van der Waals surface area (Å²) in [6.45, 7) is 0. The van der Waals surface area contributed by atoms with Crippen LogP contribution < -0.4 is 16.8 Å². The summed E-state index contributed by atoms with van der Waals surface area (Å²) in [5.41, 5.74) is 13.9. The second kappa shape index (κ2) is 5.68. The summed E-state index contributed by atoms with van der Waals surface area (Å²) in [6.07, 6.45) is 0.651. The van der Waals surface area contributed by atoms with E-state index in [4.69, 9.17) is 11.5 Å². The molecule has 0 spiro atoms. The first-order valence-electron chi connectivity index (χ1n) is 5.70. The third-order valence-corrected chi connectivity index (χ3v) is 2.56. The lowest BCUT2D eigenvalue weighted by atomic mass is 10.0. The highest BCUT2D eigenvalue weighted by molar-refractivity contribution is 5.86. The van der Waals surface area contributed by atoms with Crippen LogP contribution in [0.4, 0.5) is 11.4 Å². The summed E-state index contributed by atoms with van der Waals surface area (Å²) in [7, 11) is 0. The number of anilines is 1. The number of para-hydroxylation sites is 1. The van der Waals surface area contributed by atoms with E-state index in [9.17, 15) is 4.79 Å². The van der Waals surface area contributed by atoms with Crippen molar-refractivity contribution in [3.8, 4) is 11.1 Å². The molecule has 0 saturated heterocycles. The molecule has 2 aromatic rings. The fourth-order valence-corrected chi connectivity index (χ4v) is 1.82. The maximum atomic E-state index is 10.6. The number of carbonyl (C=O) groups is 1. The first-order chi connectivity index (χ1) is 9.20. The molecular weight excluding hydrogens is 240 g/mol. The molecule has 0 unspecified atom stereocenters. The number of rotatable bonds is 4. The summed E-state index contributed by atoms with van der Waals surface area (Å²) in [6, 6.07) is 14.9. The van der Waals surface area contributed by atoms with Gasteiger partial charge in [0.15, 0.2) is 5.96 Å². The normalized spacial score (nSPS) is 9.68. The van der Waals surface area contributed by atoms with E-state index in [2.05, 4.69) is 10.3 Å². The van der Waals surface area contributed by atoms with Crippen molar-refractivity contribution < 1.29 is 4.79 Å². The van der Waals surface area contributed by atoms with Crippen molar-refractivity contribution in [1.82, 2.24) is 0 Å². The average molecular weight is 254 g/mol. The Labute approximate surface area is 111 Å². The van der Waals surface area contributed by atoms with E-state index in [-0.39, 0.29) is 5.96 Å². The van der Waals surface area contributed by atoms with Gasteiger partial charge in [0, 0.05) is 11.3 Å². The number of guanidine groups is 1. The van der Waals surface area contributed by atoms with Crippen molar-refractivity contribution in [1.29, 1.82) is 0 Å². The third-order valence-electron chi connectivity index (χ3n) is 2.56. The first-order valence-corrected chi connectivity index (χ1v) is 5.70. The van der Waals surface area contributed by atoms with Gasteiger partial charge in [0.05, 0.1) is 5.69 Å². The van der Waals surface area contributed by atoms with Crippen molar-refractivity contribution in [2.75, 3.05) is 5.32 Å². The smallest absolute Gasteiger partial charge is 0.211 e. The van der Waals surface area contributed by atoms with Crippen LogP contribution in [0.1, 0.15) is 0 Å². The van der Waals surface area contributed by atoms with Gasteiger partial charge in [-0.25, -0.2) is 4.99 Å². The van der Waals surface area contributed by atoms with Crippen LogP contribution in [0.25, 0.3) is 11.1 Å². The predicted octanol–water partition coefficient (Wildman–Crippen LogP) is 1.83. The molecule has 19 heavy (non-hydrogen) atoms. The SMILES string of the molecule is NC(N)=Nc1cccc(-c2ccccc2NC=O)c1. The Balaban J connectivity index is 2.47. The maximum absolute atomic E-state index is 10.6. The largest absolute Gasteiger partial charge is 0.370 e. The van der Waals surface area contributed by atoms with E-state index >= 15 is 0 Å². The molecule has 2 rings (SSSR count). The quantitative estimate of drug-likeness (QED) is 0.441. The molecule has 0 aliphatic carbocycles. The Kier molecular flexibility index (Phi) is 3.78. The van der Waals surface area contributed by atoms with Gasteiger partial charge in [0.25, 0.3) is 0 Å². The fourth-order valence-electron chi connectivity index (χ4n) is 1.82. The molecule has 0 heterocycles. The third kappa shape index (κ3) is 3.10. The van der Waals surface area contributed by atoms with Crippen molar-refractivity contribution in [2.24, 2.45) is 16.5 Å². The van der Waals surface area contributed by atoms with Crippen LogP contribution in [-0.2, 0) is 4.79 Å². The number of amides is 1. The van der Waals surface area contributed by atoms with E-state index in [0.29, 0.717) is 12.1 Å². The second-order valence-corrected chi connectivity index (χ2v) is 3.89. The summed E-state index contributed by atoms with van der Waals surface area (Å²) >= 11 is 0. The Morgan fingerprint density at radius 2 is 1.89 bits per heavy atom. The molecule has 5 nitrogen and oxygen atoms in total. The van der Waals surface area contributed by atoms with Gasteiger partial charge in [0.1, 0.15) is 0 Å². The van der Waals surface area contributed by atoms with E-state index in [1.54, 1.807) is 6.07 Å². The van der Waals surface area contributed by atoms with Crippen LogP contribution in [0, 0.1) is 0 Å². The van der Waals surface area contributed by atoms with Gasteiger partial charge >= 0.3 is 0 Å². The molecule has 96 valence electrons. The molecule has 5 N–H and O–H groups in total. The van der Waals surface area contributed by atoms with Gasteiger partial charge < -0.3 is 16.8 Å². The number of benzene rings is 2. The van der Waals surface area contributed by atoms with E-state index in [1.165, 1.54) is 0 Å². The van der Waals surface area contributed by atoms with Crippen LogP contribution >= 0.6 is 0 Å². The Bertz CT molecular complexity index is 618. The van der Waals surface area contributed by atoms with Gasteiger partial charge in [-0.2, -0.15) is 0 Å². The highest BCUT2D eigenvalue weighted by atomic mass is 16.1. The highest BCUT2D eigenvalue weighted by Gasteiger charge is 2.04. The number of carbonyl (C=O) groups excluding carboxylic acids is 1. The molecule has 0 atom stereocenters. The summed E-state index contributed by atoms with van der Waals surface area (Å²) in [4.78, 5) is 14.6. The van der Waals surface area contributed by atoms with Crippen LogP contribution in [-0.4, -0.2) is 12.4 Å². The number of nitrogens with two attached hydrogens (primary N) is 2. The van der Waals surface area contributed by atoms with Crippen molar-refractivity contribution in [3.63, 3.8) is 0 Å². The number of aliphatic imine (C=N–C) groups is 1. The van der Waals surface area contributed by atoms with Crippen LogP contribution in [0.2, 0.25) is 0 Å². The lowest BCUT2D eigenvalue weighted by molar-refractivity contribution is -0.105. The van der Waals surface area contributed by atoms with Crippen molar-refractivity contribution in [2.45, 2.75) is 0 Å². The molecule has 0 bridgehead atoms. The number of nitrogens with zero attached hydrogens (tertiary/aromatic N) is 1. The van der Waals surface area contributed by atoms with Gasteiger partial charge in [-0.15, -0.1) is 0 Å². The second-order valence-electron chi connectivity index (χ2n) is 3.89. The predicted molar refractivity (Wildman–Crippen MR) is 77.0 cm³/mol. The van der Waals surface area contributed by atoms with Gasteiger partial charge in [-0.3, -0.25) is 4.79 Å². The van der Waals surface area contributed by atoms with E-state index in [0.717, 1.165) is 16.8 Å². The maximum Gasteiger partial charge on any atom is 0.211 e. The van der Waals surface area contributed by atoms with Crippen LogP contribution in [0.15, 0.2) is 53.5 Å². The molecule has 2 aromatic carbocycles. The molecule has 0 fully saturated rings. The highest BCUT2D eigenvalue weighted by Crippen LogP contribution is 2.29. The van der Waals surface area contributed by atoms with Crippen LogP contribution in [0.3, 0.4) is 0 Å². The Hall–Kier alpha value is -2.82. The zero-order valence-corrected chi connectivity index (χ0v) is 10.2. The summed E-state index contributed by atoms with van der Waals surface area (Å²) in [5, 5.41) is 2.67. The van der Waals surface area contributed by atoms with E-state index in [1.807, 2.05) is 42.5 Å². The van der Waals surface area contributed by atoms with E-state index < -0.39 is 0 Å². The topological polar surface area (TPSA) is 93.5 Å². The molecule has 0 saturated carbocycles. The van der Waals surface area contributed by atoms with Gasteiger partial charge in [-0.05, 0) is 23.8 Å². The fraction of sp³-hybridized carbons (Fsp3) is 0. The minimum absolute atomic E-state index is 0.0106. The summed E-state index contributed by atoms with van der Waals surface area (Å²) in [5.74, 6) is 0.0106. The molecular formula is C14H14N4O. The minimum atomic E-state index is 0.0106. The van der Waals surface area contributed by atoms with Crippen molar-refractivity contribution in [3.05, 3.63) is 48.5 Å². The van der Waals surface area contributed by atoms with Crippen LogP contribution in [0.5, 0.6) is 0 Å². The Morgan fingerprint density at radius 3 is 2.63 bits per heavy atom. The molecule has 0 aliphatic heterocycles. The number of hydrogen-bond acceptors (Lipinski definition) is 2. The van der Waals surface area contributed by atoms with Crippen molar-refractivity contribution >= 4 is 23.7 Å². The zero-order chi connectivity index (χ0) is 13.7. The summed E-state index contributed by atoms with van der Waals surface area (Å²) < 4.78 is 0. The first kappa shape index (κ1) is 12.6. The number of nitrogens with one attached hydrogen (secondary N) is 1. The lowest BCUT2D eigenvalue weighted by Gasteiger charge is -2.08. The molecule has 5 heteroatoms. The average Bonchev–Trinajstić information content (AvgIpc) is 2.39. The molecule has 0 aliphatic rings. The monoisotopic (exact) mass is 254 g/mol. The minimum Gasteiger partial charge on any atom is -0.370 e. The number of hydrogen-bond donors (Lipinski definition) is 3. The lowest BCUT2D eigenvalue weighted by Crippen LogP contribution is -2.21.